The highest BCUT2D eigenvalue weighted by Gasteiger charge is 2.46. The van der Waals surface area contributed by atoms with Gasteiger partial charge in [0.05, 0.1) is 39.5 Å². The van der Waals surface area contributed by atoms with Crippen molar-refractivity contribution in [1.29, 1.82) is 0 Å². The highest BCUT2D eigenvalue weighted by molar-refractivity contribution is 7.92. The standard InChI is InChI=1S/C32H31ClF6N4O3S/c1-41(30(29(40)44)13-4-14-30)15-16-42-17-18-43(47(45,46)23-6-2-5-22(20-23)31(34,35)36)28-19-21(10-12-27(28)42)9-11-24-25(32(37,38)39)7-3-8-26(24)33/h2-3,5-12,19-20H,4,13-18H2,1H3,(H2,40,44)/b11-9+. The zero-order valence-electron chi connectivity index (χ0n) is 25.1. The topological polar surface area (TPSA) is 86.9 Å². The van der Waals surface area contributed by atoms with E-state index in [-0.39, 0.29) is 29.4 Å². The number of hydrogen-bond acceptors (Lipinski definition) is 5. The van der Waals surface area contributed by atoms with Crippen molar-refractivity contribution < 1.29 is 39.6 Å². The number of amides is 1. The molecule has 0 spiro atoms. The number of rotatable bonds is 9. The summed E-state index contributed by atoms with van der Waals surface area (Å²) in [4.78, 5) is 15.4. The summed E-state index contributed by atoms with van der Waals surface area (Å²) in [6.07, 6.45) is -4.83. The van der Waals surface area contributed by atoms with Gasteiger partial charge in [-0.2, -0.15) is 26.3 Å². The molecular formula is C32H31ClF6N4O3S. The quantitative estimate of drug-likeness (QED) is 0.194. The third kappa shape index (κ3) is 6.81. The molecule has 7 nitrogen and oxygen atoms in total. The molecule has 47 heavy (non-hydrogen) atoms. The SMILES string of the molecule is CN(CCN1CCN(S(=O)(=O)c2cccc(C(F)(F)F)c2)c2cc(/C=C/c3c(Cl)cccc3C(F)(F)F)ccc21)C1(C(N)=O)CCC1. The first kappa shape index (κ1) is 34.6. The molecule has 3 aromatic rings. The smallest absolute Gasteiger partial charge is 0.368 e. The van der Waals surface area contributed by atoms with Gasteiger partial charge in [0, 0.05) is 30.2 Å². The zero-order chi connectivity index (χ0) is 34.4. The van der Waals surface area contributed by atoms with Gasteiger partial charge >= 0.3 is 12.4 Å². The van der Waals surface area contributed by atoms with Crippen LogP contribution in [-0.2, 0) is 27.2 Å². The van der Waals surface area contributed by atoms with Crippen LogP contribution in [0.1, 0.15) is 41.5 Å². The molecule has 5 rings (SSSR count). The van der Waals surface area contributed by atoms with Gasteiger partial charge in [0.2, 0.25) is 5.91 Å². The molecule has 1 aliphatic carbocycles. The fourth-order valence-corrected chi connectivity index (χ4v) is 7.70. The predicted molar refractivity (Wildman–Crippen MR) is 168 cm³/mol. The van der Waals surface area contributed by atoms with E-state index in [1.165, 1.54) is 30.4 Å². The lowest BCUT2D eigenvalue weighted by molar-refractivity contribution is -0.138. The van der Waals surface area contributed by atoms with Gasteiger partial charge in [-0.25, -0.2) is 8.42 Å². The molecule has 1 heterocycles. The highest BCUT2D eigenvalue weighted by atomic mass is 35.5. The molecule has 0 saturated heterocycles. The first-order valence-corrected chi connectivity index (χ1v) is 16.4. The summed E-state index contributed by atoms with van der Waals surface area (Å²) in [6.45, 7) is 0.801. The summed E-state index contributed by atoms with van der Waals surface area (Å²) in [6, 6.07) is 11.5. The Hall–Kier alpha value is -3.75. The number of carbonyl (C=O) groups is 1. The van der Waals surface area contributed by atoms with Crippen LogP contribution in [0.15, 0.2) is 65.6 Å². The average Bonchev–Trinajstić information content (AvgIpc) is 2.97. The number of nitrogens with zero attached hydrogens (tertiary/aromatic N) is 3. The maximum absolute atomic E-state index is 13.9. The summed E-state index contributed by atoms with van der Waals surface area (Å²) < 4.78 is 110. The largest absolute Gasteiger partial charge is 0.417 e. The molecule has 2 N–H and O–H groups in total. The third-order valence-corrected chi connectivity index (χ3v) is 10.9. The van der Waals surface area contributed by atoms with E-state index < -0.39 is 49.8 Å². The van der Waals surface area contributed by atoms with E-state index in [1.807, 2.05) is 9.80 Å². The van der Waals surface area contributed by atoms with Crippen molar-refractivity contribution in [2.24, 2.45) is 5.73 Å². The number of benzene rings is 3. The molecule has 15 heteroatoms. The number of halogens is 7. The fraction of sp³-hybridized carbons (Fsp3) is 0.344. The second-order valence-electron chi connectivity index (χ2n) is 11.5. The average molecular weight is 701 g/mol. The molecule has 1 fully saturated rings. The van der Waals surface area contributed by atoms with E-state index in [9.17, 15) is 39.6 Å². The summed E-state index contributed by atoms with van der Waals surface area (Å²) in [7, 11) is -2.73. The number of likely N-dealkylation sites (N-methyl/N-ethyl adjacent to an activating group) is 1. The van der Waals surface area contributed by atoms with Crippen molar-refractivity contribution in [2.45, 2.75) is 42.0 Å². The highest BCUT2D eigenvalue weighted by Crippen LogP contribution is 2.41. The molecule has 0 radical (unpaired) electrons. The zero-order valence-corrected chi connectivity index (χ0v) is 26.6. The fourth-order valence-electron chi connectivity index (χ4n) is 5.95. The molecule has 0 atom stereocenters. The Morgan fingerprint density at radius 1 is 0.957 bits per heavy atom. The number of alkyl halides is 6. The maximum Gasteiger partial charge on any atom is 0.417 e. The molecule has 0 bridgehead atoms. The van der Waals surface area contributed by atoms with E-state index in [0.717, 1.165) is 35.0 Å². The Labute approximate surface area is 273 Å². The van der Waals surface area contributed by atoms with Crippen LogP contribution in [0.5, 0.6) is 0 Å². The second kappa shape index (κ2) is 12.7. The van der Waals surface area contributed by atoms with Gasteiger partial charge in [-0.15, -0.1) is 0 Å². The predicted octanol–water partition coefficient (Wildman–Crippen LogP) is 6.90. The summed E-state index contributed by atoms with van der Waals surface area (Å²) in [5.41, 5.74) is 3.45. The van der Waals surface area contributed by atoms with Gasteiger partial charge in [0.1, 0.15) is 0 Å². The van der Waals surface area contributed by atoms with Crippen LogP contribution in [-0.4, -0.2) is 58.0 Å². The Bertz CT molecular complexity index is 1810. The van der Waals surface area contributed by atoms with Gasteiger partial charge in [0.25, 0.3) is 10.0 Å². The number of carbonyl (C=O) groups excluding carboxylic acids is 1. The monoisotopic (exact) mass is 700 g/mol. The lowest BCUT2D eigenvalue weighted by Crippen LogP contribution is -2.61. The number of anilines is 2. The van der Waals surface area contributed by atoms with Crippen LogP contribution in [0.25, 0.3) is 12.2 Å². The van der Waals surface area contributed by atoms with Crippen molar-refractivity contribution in [3.63, 3.8) is 0 Å². The van der Waals surface area contributed by atoms with E-state index in [1.54, 1.807) is 19.2 Å². The lowest BCUT2D eigenvalue weighted by atomic mass is 9.75. The summed E-state index contributed by atoms with van der Waals surface area (Å²) >= 11 is 6.10. The van der Waals surface area contributed by atoms with Crippen molar-refractivity contribution in [3.05, 3.63) is 87.9 Å². The maximum atomic E-state index is 13.9. The molecule has 252 valence electrons. The minimum Gasteiger partial charge on any atom is -0.368 e. The minimum atomic E-state index is -4.77. The van der Waals surface area contributed by atoms with Crippen molar-refractivity contribution in [3.8, 4) is 0 Å². The molecule has 0 aromatic heterocycles. The number of sulfonamides is 1. The normalized spacial score (nSPS) is 16.8. The number of hydrogen-bond donors (Lipinski definition) is 1. The number of nitrogens with two attached hydrogens (primary N) is 1. The Balaban J connectivity index is 1.53. The Morgan fingerprint density at radius 2 is 1.66 bits per heavy atom. The molecular weight excluding hydrogens is 670 g/mol. The van der Waals surface area contributed by atoms with Gasteiger partial charge in [-0.1, -0.05) is 42.0 Å². The van der Waals surface area contributed by atoms with E-state index in [2.05, 4.69) is 0 Å². The van der Waals surface area contributed by atoms with Crippen LogP contribution in [0, 0.1) is 0 Å². The van der Waals surface area contributed by atoms with Crippen molar-refractivity contribution >= 4 is 51.1 Å². The minimum absolute atomic E-state index is 0.127. The molecule has 1 aliphatic heterocycles. The first-order valence-electron chi connectivity index (χ1n) is 14.6. The first-order chi connectivity index (χ1) is 21.9. The molecule has 1 saturated carbocycles. The van der Waals surface area contributed by atoms with Crippen LogP contribution >= 0.6 is 11.6 Å². The van der Waals surface area contributed by atoms with E-state index in [0.29, 0.717) is 43.2 Å². The van der Waals surface area contributed by atoms with Gasteiger partial charge in [-0.05, 0) is 74.3 Å². The Kier molecular flexibility index (Phi) is 9.34. The summed E-state index contributed by atoms with van der Waals surface area (Å²) in [5.74, 6) is -0.424. The van der Waals surface area contributed by atoms with Crippen molar-refractivity contribution in [2.75, 3.05) is 42.4 Å². The van der Waals surface area contributed by atoms with Crippen LogP contribution in [0.2, 0.25) is 5.02 Å². The van der Waals surface area contributed by atoms with Gasteiger partial charge < -0.3 is 10.6 Å². The van der Waals surface area contributed by atoms with Crippen LogP contribution in [0.4, 0.5) is 37.7 Å². The molecule has 1 amide bonds. The van der Waals surface area contributed by atoms with E-state index >= 15 is 0 Å². The Morgan fingerprint density at radius 3 is 2.28 bits per heavy atom. The lowest BCUT2D eigenvalue weighted by Gasteiger charge is -2.47. The van der Waals surface area contributed by atoms with Gasteiger partial charge in [-0.3, -0.25) is 14.0 Å². The molecule has 0 unspecified atom stereocenters. The van der Waals surface area contributed by atoms with Crippen LogP contribution in [0.3, 0.4) is 0 Å². The molecule has 2 aliphatic rings. The molecule has 3 aromatic carbocycles. The van der Waals surface area contributed by atoms with Crippen LogP contribution < -0.4 is 14.9 Å². The number of fused-ring (bicyclic) bond motifs is 1. The third-order valence-electron chi connectivity index (χ3n) is 8.81. The number of primary amides is 1. The summed E-state index contributed by atoms with van der Waals surface area (Å²) in [5, 5.41) is -0.140. The van der Waals surface area contributed by atoms with E-state index in [4.69, 9.17) is 17.3 Å². The van der Waals surface area contributed by atoms with Gasteiger partial charge in [0.15, 0.2) is 0 Å². The second-order valence-corrected chi connectivity index (χ2v) is 13.8. The van der Waals surface area contributed by atoms with Crippen molar-refractivity contribution in [1.82, 2.24) is 4.90 Å².